The van der Waals surface area contributed by atoms with Gasteiger partial charge in [-0.05, 0) is 58.7 Å². The molecule has 0 aromatic heterocycles. The highest BCUT2D eigenvalue weighted by Crippen LogP contribution is 2.19. The predicted molar refractivity (Wildman–Crippen MR) is 109 cm³/mol. The molecule has 0 radical (unpaired) electrons. The summed E-state index contributed by atoms with van der Waals surface area (Å²) in [6.45, 7) is 17.3. The molecule has 2 N–H and O–H groups in total. The fourth-order valence-electron chi connectivity index (χ4n) is 1.95. The Hall–Kier alpha value is -0.600. The Balaban J connectivity index is -0.000000153. The molecule has 24 heavy (non-hydrogen) atoms. The van der Waals surface area contributed by atoms with Crippen LogP contribution in [0.15, 0.2) is 0 Å². The van der Waals surface area contributed by atoms with Gasteiger partial charge in [0.05, 0.1) is 12.7 Å². The van der Waals surface area contributed by atoms with Crippen LogP contribution in [0.25, 0.3) is 0 Å². The third kappa shape index (κ3) is 26.3. The lowest BCUT2D eigenvalue weighted by Crippen LogP contribution is -2.36. The average molecular weight is 347 g/mol. The van der Waals surface area contributed by atoms with E-state index in [0.29, 0.717) is 6.10 Å². The van der Waals surface area contributed by atoms with Crippen LogP contribution in [0.5, 0.6) is 0 Å². The van der Waals surface area contributed by atoms with Crippen molar-refractivity contribution >= 4 is 0 Å². The van der Waals surface area contributed by atoms with E-state index in [4.69, 9.17) is 15.2 Å². The number of terminal acetylenes is 1. The zero-order valence-electron chi connectivity index (χ0n) is 17.8. The molecular formula is C20H46N2O2. The largest absolute Gasteiger partial charge is 0.383 e. The van der Waals surface area contributed by atoms with Gasteiger partial charge in [0.15, 0.2) is 0 Å². The molecule has 0 atom stereocenters. The van der Waals surface area contributed by atoms with Crippen LogP contribution >= 0.6 is 0 Å². The van der Waals surface area contributed by atoms with Crippen LogP contribution in [0.1, 0.15) is 60.8 Å². The molecule has 1 fully saturated rings. The fraction of sp³-hybridized carbons (Fsp3) is 0.900. The zero-order chi connectivity index (χ0) is 19.8. The van der Waals surface area contributed by atoms with Crippen LogP contribution < -0.4 is 5.73 Å². The summed E-state index contributed by atoms with van der Waals surface area (Å²) < 4.78 is 9.81. The Morgan fingerprint density at radius 3 is 1.75 bits per heavy atom. The Morgan fingerprint density at radius 1 is 1.04 bits per heavy atom. The van der Waals surface area contributed by atoms with Crippen molar-refractivity contribution in [3.8, 4) is 12.8 Å². The lowest BCUT2D eigenvalue weighted by molar-refractivity contribution is 0.119. The van der Waals surface area contributed by atoms with Gasteiger partial charge in [0.1, 0.15) is 0 Å². The summed E-state index contributed by atoms with van der Waals surface area (Å²) in [7, 11) is 3.46. The lowest BCUT2D eigenvalue weighted by Gasteiger charge is -2.31. The van der Waals surface area contributed by atoms with Crippen molar-refractivity contribution in [1.82, 2.24) is 4.90 Å². The molecule has 148 valence electrons. The standard InChI is InChI=1S/C10H22N2O.C4H10O.2C2H6.C2H2/c1-13-9-8-12-6-3-10(2-5-11)4-7-12;1-4(2)5-3;3*1-2/h10H,2-9,11H2,1H3;4H,1-3H3;2*1-2H3;1-2H. The first-order valence-electron chi connectivity index (χ1n) is 9.41. The molecule has 0 saturated carbocycles. The maximum Gasteiger partial charge on any atom is 0.0589 e. The van der Waals surface area contributed by atoms with Gasteiger partial charge >= 0.3 is 0 Å². The number of ether oxygens (including phenoxy) is 2. The van der Waals surface area contributed by atoms with Gasteiger partial charge in [-0.1, -0.05) is 27.7 Å². The summed E-state index contributed by atoms with van der Waals surface area (Å²) in [5.74, 6) is 0.879. The van der Waals surface area contributed by atoms with Crippen LogP contribution in [-0.4, -0.2) is 58.0 Å². The van der Waals surface area contributed by atoms with Crippen LogP contribution in [0.4, 0.5) is 0 Å². The van der Waals surface area contributed by atoms with Gasteiger partial charge < -0.3 is 20.1 Å². The Kier molecular flexibility index (Phi) is 39.4. The van der Waals surface area contributed by atoms with Crippen LogP contribution in [-0.2, 0) is 9.47 Å². The van der Waals surface area contributed by atoms with Crippen LogP contribution in [0.2, 0.25) is 0 Å². The molecule has 0 aromatic carbocycles. The number of nitrogens with two attached hydrogens (primary N) is 1. The first kappa shape index (κ1) is 31.2. The fourth-order valence-corrected chi connectivity index (χ4v) is 1.95. The van der Waals surface area contributed by atoms with Crippen LogP contribution in [0, 0.1) is 18.8 Å². The molecule has 0 aromatic rings. The summed E-state index contributed by atoms with van der Waals surface area (Å²) in [5.41, 5.74) is 5.54. The average Bonchev–Trinajstić information content (AvgIpc) is 2.67. The zero-order valence-corrected chi connectivity index (χ0v) is 17.8. The molecule has 1 rings (SSSR count). The SMILES string of the molecule is C#C.CC.CC.COC(C)C.COCCN1CCC(CCN)CC1. The van der Waals surface area contributed by atoms with E-state index in [1.807, 2.05) is 41.5 Å². The van der Waals surface area contributed by atoms with E-state index in [-0.39, 0.29) is 0 Å². The monoisotopic (exact) mass is 346 g/mol. The molecule has 1 aliphatic heterocycles. The number of piperidine rings is 1. The molecule has 0 aliphatic carbocycles. The quantitative estimate of drug-likeness (QED) is 0.738. The normalized spacial score (nSPS) is 13.8. The number of rotatable bonds is 6. The Labute approximate surface area is 153 Å². The highest BCUT2D eigenvalue weighted by atomic mass is 16.5. The van der Waals surface area contributed by atoms with Gasteiger partial charge in [0.25, 0.3) is 0 Å². The molecule has 0 unspecified atom stereocenters. The van der Waals surface area contributed by atoms with E-state index >= 15 is 0 Å². The van der Waals surface area contributed by atoms with Crippen molar-refractivity contribution in [3.63, 3.8) is 0 Å². The number of likely N-dealkylation sites (tertiary alicyclic amines) is 1. The molecule has 4 nitrogen and oxygen atoms in total. The molecule has 1 saturated heterocycles. The van der Waals surface area contributed by atoms with Gasteiger partial charge in [-0.3, -0.25) is 0 Å². The molecule has 0 spiro atoms. The third-order valence-corrected chi connectivity index (χ3v) is 3.37. The van der Waals surface area contributed by atoms with Crippen molar-refractivity contribution in [2.75, 3.05) is 47.0 Å². The van der Waals surface area contributed by atoms with Gasteiger partial charge in [-0.25, -0.2) is 0 Å². The molecular weight excluding hydrogens is 300 g/mol. The van der Waals surface area contributed by atoms with Gasteiger partial charge in [-0.2, -0.15) is 0 Å². The smallest absolute Gasteiger partial charge is 0.0589 e. The van der Waals surface area contributed by atoms with Crippen molar-refractivity contribution in [2.45, 2.75) is 66.9 Å². The number of methoxy groups -OCH3 is 2. The summed E-state index contributed by atoms with van der Waals surface area (Å²) in [4.78, 5) is 2.48. The second kappa shape index (κ2) is 30.3. The summed E-state index contributed by atoms with van der Waals surface area (Å²) >= 11 is 0. The Bertz CT molecular complexity index is 201. The number of hydrogen-bond donors (Lipinski definition) is 1. The molecule has 1 heterocycles. The lowest BCUT2D eigenvalue weighted by atomic mass is 9.94. The van der Waals surface area contributed by atoms with Crippen molar-refractivity contribution in [3.05, 3.63) is 0 Å². The maximum atomic E-state index is 5.54. The third-order valence-electron chi connectivity index (χ3n) is 3.37. The van der Waals surface area contributed by atoms with E-state index in [9.17, 15) is 0 Å². The summed E-state index contributed by atoms with van der Waals surface area (Å²) in [5, 5.41) is 0. The van der Waals surface area contributed by atoms with E-state index in [0.717, 1.165) is 25.6 Å². The Morgan fingerprint density at radius 2 is 1.46 bits per heavy atom. The minimum Gasteiger partial charge on any atom is -0.383 e. The highest BCUT2D eigenvalue weighted by molar-refractivity contribution is 4.72. The number of nitrogens with zero attached hydrogens (tertiary/aromatic N) is 1. The van der Waals surface area contributed by atoms with Gasteiger partial charge in [-0.15, -0.1) is 12.8 Å². The molecule has 0 amide bonds. The predicted octanol–water partition coefficient (Wildman–Crippen LogP) is 4.04. The van der Waals surface area contributed by atoms with E-state index in [1.165, 1.54) is 32.4 Å². The maximum absolute atomic E-state index is 5.54. The first-order valence-corrected chi connectivity index (χ1v) is 9.41. The molecule has 4 heteroatoms. The van der Waals surface area contributed by atoms with E-state index in [2.05, 4.69) is 17.7 Å². The first-order chi connectivity index (χ1) is 11.6. The topological polar surface area (TPSA) is 47.7 Å². The minimum atomic E-state index is 0.384. The number of hydrogen-bond acceptors (Lipinski definition) is 4. The van der Waals surface area contributed by atoms with E-state index in [1.54, 1.807) is 14.2 Å². The highest BCUT2D eigenvalue weighted by Gasteiger charge is 2.17. The second-order valence-electron chi connectivity index (χ2n) is 5.14. The summed E-state index contributed by atoms with van der Waals surface area (Å²) in [6.07, 6.45) is 12.2. The van der Waals surface area contributed by atoms with E-state index < -0.39 is 0 Å². The van der Waals surface area contributed by atoms with Gasteiger partial charge in [0.2, 0.25) is 0 Å². The second-order valence-corrected chi connectivity index (χ2v) is 5.14. The van der Waals surface area contributed by atoms with Crippen LogP contribution in [0.3, 0.4) is 0 Å². The van der Waals surface area contributed by atoms with Crippen molar-refractivity contribution in [2.24, 2.45) is 11.7 Å². The van der Waals surface area contributed by atoms with Gasteiger partial charge in [0, 0.05) is 20.8 Å². The minimum absolute atomic E-state index is 0.384. The molecule has 1 aliphatic rings. The molecule has 0 bridgehead atoms. The van der Waals surface area contributed by atoms with Crippen molar-refractivity contribution < 1.29 is 9.47 Å². The summed E-state index contributed by atoms with van der Waals surface area (Å²) in [6, 6.07) is 0. The van der Waals surface area contributed by atoms with Crippen molar-refractivity contribution in [1.29, 1.82) is 0 Å².